The van der Waals surface area contributed by atoms with Crippen LogP contribution in [0.2, 0.25) is 0 Å². The fourth-order valence-corrected chi connectivity index (χ4v) is 2.97. The molecule has 0 bridgehead atoms. The second kappa shape index (κ2) is 8.79. The molecule has 1 N–H and O–H groups in total. The van der Waals surface area contributed by atoms with Crippen molar-refractivity contribution in [2.24, 2.45) is 0 Å². The highest BCUT2D eigenvalue weighted by Gasteiger charge is 2.31. The van der Waals surface area contributed by atoms with Crippen LogP contribution in [0.3, 0.4) is 0 Å². The van der Waals surface area contributed by atoms with Gasteiger partial charge in [0.1, 0.15) is 5.75 Å². The first-order chi connectivity index (χ1) is 13.4. The molecule has 0 aliphatic carbocycles. The maximum absolute atomic E-state index is 12.2. The van der Waals surface area contributed by atoms with Crippen molar-refractivity contribution in [3.8, 4) is 17.2 Å². The van der Waals surface area contributed by atoms with Crippen molar-refractivity contribution in [2.75, 3.05) is 11.1 Å². The van der Waals surface area contributed by atoms with Crippen molar-refractivity contribution in [2.45, 2.75) is 12.1 Å². The average Bonchev–Trinajstić information content (AvgIpc) is 3.10. The van der Waals surface area contributed by atoms with Crippen molar-refractivity contribution in [3.63, 3.8) is 0 Å². The molecule has 3 rings (SSSR count). The van der Waals surface area contributed by atoms with Gasteiger partial charge >= 0.3 is 12.4 Å². The number of nitrogens with zero attached hydrogens (tertiary/aromatic N) is 2. The van der Waals surface area contributed by atoms with Crippen molar-refractivity contribution < 1.29 is 27.1 Å². The quantitative estimate of drug-likeness (QED) is 0.619. The van der Waals surface area contributed by atoms with E-state index in [-0.39, 0.29) is 29.3 Å². The van der Waals surface area contributed by atoms with Gasteiger partial charge in [-0.3, -0.25) is 10.1 Å². The SMILES string of the molecule is O=C(CSCc1ccccc1)Nc1nnc(-c2ccc(OC(F)(F)F)cc2)o1. The molecular weight excluding hydrogens is 395 g/mol. The third kappa shape index (κ3) is 6.02. The van der Waals surface area contributed by atoms with Gasteiger partial charge in [0.25, 0.3) is 0 Å². The predicted molar refractivity (Wildman–Crippen MR) is 97.7 cm³/mol. The highest BCUT2D eigenvalue weighted by atomic mass is 32.2. The number of rotatable bonds is 7. The molecule has 0 fully saturated rings. The van der Waals surface area contributed by atoms with E-state index in [1.54, 1.807) is 0 Å². The summed E-state index contributed by atoms with van der Waals surface area (Å²) >= 11 is 1.44. The maximum atomic E-state index is 12.2. The summed E-state index contributed by atoms with van der Waals surface area (Å²) in [4.78, 5) is 11.9. The van der Waals surface area contributed by atoms with Crippen LogP contribution in [0.25, 0.3) is 11.5 Å². The van der Waals surface area contributed by atoms with Gasteiger partial charge in [-0.25, -0.2) is 0 Å². The van der Waals surface area contributed by atoms with Crippen LogP contribution in [-0.2, 0) is 10.5 Å². The summed E-state index contributed by atoms with van der Waals surface area (Å²) in [5.41, 5.74) is 1.50. The molecule has 0 saturated heterocycles. The first-order valence-electron chi connectivity index (χ1n) is 8.00. The van der Waals surface area contributed by atoms with E-state index in [0.717, 1.165) is 17.7 Å². The number of aromatic nitrogens is 2. The zero-order valence-corrected chi connectivity index (χ0v) is 15.1. The summed E-state index contributed by atoms with van der Waals surface area (Å²) in [6.07, 6.45) is -4.76. The Labute approximate surface area is 162 Å². The van der Waals surface area contributed by atoms with Crippen LogP contribution >= 0.6 is 11.8 Å². The number of carbonyl (C=O) groups is 1. The number of nitrogens with one attached hydrogen (secondary N) is 1. The second-order valence-electron chi connectivity index (χ2n) is 5.51. The number of hydrogen-bond donors (Lipinski definition) is 1. The molecule has 0 aliphatic heterocycles. The van der Waals surface area contributed by atoms with E-state index < -0.39 is 6.36 Å². The van der Waals surface area contributed by atoms with E-state index in [0.29, 0.717) is 11.3 Å². The number of alkyl halides is 3. The largest absolute Gasteiger partial charge is 0.573 e. The van der Waals surface area contributed by atoms with E-state index in [1.165, 1.54) is 23.9 Å². The summed E-state index contributed by atoms with van der Waals surface area (Å²) in [7, 11) is 0. The molecule has 0 aliphatic rings. The zero-order valence-electron chi connectivity index (χ0n) is 14.3. The molecule has 1 heterocycles. The molecule has 1 aromatic heterocycles. The van der Waals surface area contributed by atoms with Crippen molar-refractivity contribution in [3.05, 3.63) is 60.2 Å². The Morgan fingerprint density at radius 1 is 1.07 bits per heavy atom. The molecule has 0 spiro atoms. The second-order valence-corrected chi connectivity index (χ2v) is 6.50. The van der Waals surface area contributed by atoms with E-state index in [9.17, 15) is 18.0 Å². The zero-order chi connectivity index (χ0) is 20.0. The third-order valence-electron chi connectivity index (χ3n) is 3.35. The number of benzene rings is 2. The van der Waals surface area contributed by atoms with Crippen LogP contribution in [-0.4, -0.2) is 28.2 Å². The summed E-state index contributed by atoms with van der Waals surface area (Å²) in [5.74, 6) is 0.293. The average molecular weight is 409 g/mol. The number of thioether (sulfide) groups is 1. The standard InChI is InChI=1S/C18H14F3N3O3S/c19-18(20,21)27-14-8-6-13(7-9-14)16-23-24-17(26-16)22-15(25)11-28-10-12-4-2-1-3-5-12/h1-9H,10-11H2,(H,22,24,25). The monoisotopic (exact) mass is 409 g/mol. The Kier molecular flexibility index (Phi) is 6.19. The topological polar surface area (TPSA) is 77.2 Å². The number of ether oxygens (including phenoxy) is 1. The first kappa shape index (κ1) is 19.7. The van der Waals surface area contributed by atoms with Gasteiger partial charge in [-0.2, -0.15) is 0 Å². The van der Waals surface area contributed by atoms with Crippen LogP contribution in [0.5, 0.6) is 5.75 Å². The smallest absolute Gasteiger partial charge is 0.406 e. The Morgan fingerprint density at radius 3 is 2.46 bits per heavy atom. The minimum absolute atomic E-state index is 0.0609. The van der Waals surface area contributed by atoms with Crippen molar-refractivity contribution in [1.82, 2.24) is 10.2 Å². The van der Waals surface area contributed by atoms with Gasteiger partial charge < -0.3 is 9.15 Å². The van der Waals surface area contributed by atoms with E-state index in [1.807, 2.05) is 30.3 Å². The van der Waals surface area contributed by atoms with Crippen molar-refractivity contribution in [1.29, 1.82) is 0 Å². The lowest BCUT2D eigenvalue weighted by Gasteiger charge is -2.08. The normalized spacial score (nSPS) is 11.2. The van der Waals surface area contributed by atoms with Gasteiger partial charge in [0, 0.05) is 11.3 Å². The summed E-state index contributed by atoms with van der Waals surface area (Å²) in [6, 6.07) is 14.6. The molecular formula is C18H14F3N3O3S. The molecule has 28 heavy (non-hydrogen) atoms. The number of amides is 1. The summed E-state index contributed by atoms with van der Waals surface area (Å²) < 4.78 is 45.6. The lowest BCUT2D eigenvalue weighted by Crippen LogP contribution is -2.16. The minimum atomic E-state index is -4.76. The molecule has 0 saturated carbocycles. The van der Waals surface area contributed by atoms with Gasteiger partial charge in [0.05, 0.1) is 5.75 Å². The number of carbonyl (C=O) groups excluding carboxylic acids is 1. The molecule has 6 nitrogen and oxygen atoms in total. The van der Waals surface area contributed by atoms with Crippen LogP contribution in [0.1, 0.15) is 5.56 Å². The Morgan fingerprint density at radius 2 is 1.79 bits per heavy atom. The Hall–Kier alpha value is -3.01. The van der Waals surface area contributed by atoms with Crippen LogP contribution in [0, 0.1) is 0 Å². The maximum Gasteiger partial charge on any atom is 0.573 e. The molecule has 0 unspecified atom stereocenters. The lowest BCUT2D eigenvalue weighted by molar-refractivity contribution is -0.274. The molecule has 0 radical (unpaired) electrons. The number of hydrogen-bond acceptors (Lipinski definition) is 6. The van der Waals surface area contributed by atoms with Gasteiger partial charge in [-0.15, -0.1) is 30.0 Å². The summed E-state index contributed by atoms with van der Waals surface area (Å²) in [6.45, 7) is 0. The third-order valence-corrected chi connectivity index (χ3v) is 4.35. The van der Waals surface area contributed by atoms with E-state index in [4.69, 9.17) is 4.42 Å². The van der Waals surface area contributed by atoms with E-state index in [2.05, 4.69) is 20.3 Å². The molecule has 10 heteroatoms. The van der Waals surface area contributed by atoms with Crippen LogP contribution in [0.4, 0.5) is 19.2 Å². The highest BCUT2D eigenvalue weighted by Crippen LogP contribution is 2.26. The first-order valence-corrected chi connectivity index (χ1v) is 9.16. The predicted octanol–water partition coefficient (Wildman–Crippen LogP) is 4.51. The summed E-state index contributed by atoms with van der Waals surface area (Å²) in [5, 5.41) is 9.97. The number of halogens is 3. The molecule has 2 aromatic carbocycles. The van der Waals surface area contributed by atoms with Crippen LogP contribution in [0.15, 0.2) is 59.0 Å². The van der Waals surface area contributed by atoms with Gasteiger partial charge in [0.2, 0.25) is 11.8 Å². The molecule has 146 valence electrons. The molecule has 1 amide bonds. The fourth-order valence-electron chi connectivity index (χ4n) is 2.18. The number of anilines is 1. The lowest BCUT2D eigenvalue weighted by atomic mass is 10.2. The Balaban J connectivity index is 1.51. The van der Waals surface area contributed by atoms with Gasteiger partial charge in [-0.1, -0.05) is 35.4 Å². The van der Waals surface area contributed by atoms with Crippen molar-refractivity contribution >= 4 is 23.7 Å². The fraction of sp³-hybridized carbons (Fsp3) is 0.167. The van der Waals surface area contributed by atoms with Gasteiger partial charge in [-0.05, 0) is 29.8 Å². The Bertz CT molecular complexity index is 915. The highest BCUT2D eigenvalue weighted by molar-refractivity contribution is 7.99. The van der Waals surface area contributed by atoms with Gasteiger partial charge in [0.15, 0.2) is 0 Å². The molecule has 3 aromatic rings. The van der Waals surface area contributed by atoms with E-state index >= 15 is 0 Å². The minimum Gasteiger partial charge on any atom is -0.406 e. The van der Waals surface area contributed by atoms with Crippen LogP contribution < -0.4 is 10.1 Å². The molecule has 0 atom stereocenters.